The van der Waals surface area contributed by atoms with Gasteiger partial charge in [0.25, 0.3) is 5.56 Å². The molecule has 3 nitrogen and oxygen atoms in total. The number of benzene rings is 1. The van der Waals surface area contributed by atoms with Crippen molar-refractivity contribution in [2.75, 3.05) is 0 Å². The number of aromatic nitrogens is 1. The minimum Gasteiger partial charge on any atom is -0.306 e. The van der Waals surface area contributed by atoms with Gasteiger partial charge in [-0.1, -0.05) is 12.1 Å². The molecule has 3 rings (SSSR count). The minimum absolute atomic E-state index is 0.0446. The number of carbonyl (C=O) groups is 1. The van der Waals surface area contributed by atoms with Gasteiger partial charge in [-0.3, -0.25) is 9.59 Å². The molecule has 0 radical (unpaired) electrons. The molecular formula is C16H13Br2NO2. The van der Waals surface area contributed by atoms with Crippen LogP contribution < -0.4 is 5.56 Å². The van der Waals surface area contributed by atoms with Gasteiger partial charge >= 0.3 is 0 Å². The smallest absolute Gasteiger partial charge is 0.265 e. The van der Waals surface area contributed by atoms with Crippen molar-refractivity contribution in [3.8, 4) is 0 Å². The zero-order valence-corrected chi connectivity index (χ0v) is 14.4. The molecule has 0 saturated heterocycles. The summed E-state index contributed by atoms with van der Waals surface area (Å²) in [5.41, 5.74) is 3.09. The summed E-state index contributed by atoms with van der Waals surface area (Å²) in [6.07, 6.45) is 4.93. The number of nitrogens with zero attached hydrogens (tertiary/aromatic N) is 1. The van der Waals surface area contributed by atoms with Crippen molar-refractivity contribution in [3.63, 3.8) is 0 Å². The second-order valence-corrected chi connectivity index (χ2v) is 6.97. The molecule has 1 aliphatic rings. The fraction of sp³-hybridized carbons (Fsp3) is 0.250. The molecule has 0 saturated carbocycles. The predicted octanol–water partition coefficient (Wildman–Crippen LogP) is 3.74. The van der Waals surface area contributed by atoms with Gasteiger partial charge in [0.2, 0.25) is 0 Å². The monoisotopic (exact) mass is 409 g/mol. The van der Waals surface area contributed by atoms with E-state index in [0.717, 1.165) is 23.7 Å². The summed E-state index contributed by atoms with van der Waals surface area (Å²) in [6.45, 7) is 0.0513. The van der Waals surface area contributed by atoms with E-state index in [0.29, 0.717) is 10.0 Å². The molecule has 1 heterocycles. The average Bonchev–Trinajstić information content (AvgIpc) is 2.91. The number of pyridine rings is 1. The van der Waals surface area contributed by atoms with Crippen molar-refractivity contribution >= 4 is 37.6 Å². The lowest BCUT2D eigenvalue weighted by molar-refractivity contribution is 0.0970. The topological polar surface area (TPSA) is 39.1 Å². The molecule has 0 atom stereocenters. The largest absolute Gasteiger partial charge is 0.306 e. The Morgan fingerprint density at radius 1 is 1.14 bits per heavy atom. The maximum absolute atomic E-state index is 12.4. The summed E-state index contributed by atoms with van der Waals surface area (Å²) in [4.78, 5) is 24.4. The standard InChI is InChI=1S/C16H13Br2NO2/c17-13-7-14(18)16(21)19(8-13)9-15(20)12-5-4-10-2-1-3-11(10)6-12/h4-8H,1-3,9H2. The van der Waals surface area contributed by atoms with Crippen LogP contribution in [-0.4, -0.2) is 10.4 Å². The lowest BCUT2D eigenvalue weighted by Gasteiger charge is -2.08. The van der Waals surface area contributed by atoms with Crippen LogP contribution in [0.15, 0.2) is 44.2 Å². The fourth-order valence-electron chi connectivity index (χ4n) is 2.67. The minimum atomic E-state index is -0.201. The first-order chi connectivity index (χ1) is 10.0. The SMILES string of the molecule is O=C(Cn1cc(Br)cc(Br)c1=O)c1ccc2c(c1)CCC2. The highest BCUT2D eigenvalue weighted by molar-refractivity contribution is 9.11. The molecule has 5 heteroatoms. The van der Waals surface area contributed by atoms with Crippen LogP contribution in [0.25, 0.3) is 0 Å². The van der Waals surface area contributed by atoms with E-state index in [1.54, 1.807) is 12.3 Å². The number of rotatable bonds is 3. The molecule has 0 N–H and O–H groups in total. The third kappa shape index (κ3) is 3.04. The van der Waals surface area contributed by atoms with Crippen LogP contribution in [0.5, 0.6) is 0 Å². The second kappa shape index (κ2) is 5.89. The van der Waals surface area contributed by atoms with Crippen LogP contribution >= 0.6 is 31.9 Å². The Morgan fingerprint density at radius 2 is 1.90 bits per heavy atom. The first kappa shape index (κ1) is 14.7. The normalized spacial score (nSPS) is 13.2. The number of Topliss-reactive ketones (excluding diaryl/α,β-unsaturated/α-hetero) is 1. The van der Waals surface area contributed by atoms with Crippen LogP contribution in [-0.2, 0) is 19.4 Å². The van der Waals surface area contributed by atoms with Gasteiger partial charge in [0.05, 0.1) is 11.0 Å². The van der Waals surface area contributed by atoms with Crippen LogP contribution in [0.2, 0.25) is 0 Å². The Balaban J connectivity index is 1.89. The van der Waals surface area contributed by atoms with Crippen molar-refractivity contribution in [2.45, 2.75) is 25.8 Å². The zero-order chi connectivity index (χ0) is 15.0. The van der Waals surface area contributed by atoms with E-state index >= 15 is 0 Å². The molecule has 0 fully saturated rings. The van der Waals surface area contributed by atoms with Gasteiger partial charge < -0.3 is 4.57 Å². The summed E-state index contributed by atoms with van der Waals surface area (Å²) in [7, 11) is 0. The molecule has 1 aliphatic carbocycles. The van der Waals surface area contributed by atoms with Gasteiger partial charge in [-0.15, -0.1) is 0 Å². The summed E-state index contributed by atoms with van der Waals surface area (Å²) in [5.74, 6) is -0.0446. The quantitative estimate of drug-likeness (QED) is 0.723. The average molecular weight is 411 g/mol. The summed E-state index contributed by atoms with van der Waals surface area (Å²) < 4.78 is 2.62. The Bertz CT molecular complexity index is 780. The Morgan fingerprint density at radius 3 is 2.71 bits per heavy atom. The van der Waals surface area contributed by atoms with E-state index in [1.807, 2.05) is 18.2 Å². The summed E-state index contributed by atoms with van der Waals surface area (Å²) >= 11 is 6.54. The number of fused-ring (bicyclic) bond motifs is 1. The lowest BCUT2D eigenvalue weighted by atomic mass is 10.0. The highest BCUT2D eigenvalue weighted by Crippen LogP contribution is 2.23. The Labute approximate surface area is 139 Å². The lowest BCUT2D eigenvalue weighted by Crippen LogP contribution is -2.24. The number of hydrogen-bond acceptors (Lipinski definition) is 2. The van der Waals surface area contributed by atoms with Gasteiger partial charge in [-0.2, -0.15) is 0 Å². The Hall–Kier alpha value is -1.20. The number of carbonyl (C=O) groups excluding carboxylic acids is 1. The van der Waals surface area contributed by atoms with E-state index in [-0.39, 0.29) is 17.9 Å². The van der Waals surface area contributed by atoms with Crippen molar-refractivity contribution in [2.24, 2.45) is 0 Å². The van der Waals surface area contributed by atoms with E-state index < -0.39 is 0 Å². The third-order valence-corrected chi connectivity index (χ3v) is 4.75. The number of hydrogen-bond donors (Lipinski definition) is 0. The van der Waals surface area contributed by atoms with Gasteiger partial charge in [0.1, 0.15) is 0 Å². The van der Waals surface area contributed by atoms with Crippen LogP contribution in [0.4, 0.5) is 0 Å². The number of aryl methyl sites for hydroxylation is 2. The molecule has 0 bridgehead atoms. The van der Waals surface area contributed by atoms with E-state index in [1.165, 1.54) is 15.7 Å². The zero-order valence-electron chi connectivity index (χ0n) is 11.2. The Kier molecular flexibility index (Phi) is 4.13. The number of ketones is 1. The molecule has 0 aliphatic heterocycles. The fourth-order valence-corrected chi connectivity index (χ4v) is 3.93. The van der Waals surface area contributed by atoms with Crippen LogP contribution in [0, 0.1) is 0 Å². The number of halogens is 2. The predicted molar refractivity (Wildman–Crippen MR) is 88.9 cm³/mol. The van der Waals surface area contributed by atoms with Gasteiger partial charge in [-0.05, 0) is 74.4 Å². The molecular weight excluding hydrogens is 398 g/mol. The maximum atomic E-state index is 12.4. The van der Waals surface area contributed by atoms with Crippen molar-refractivity contribution in [1.29, 1.82) is 0 Å². The first-order valence-corrected chi connectivity index (χ1v) is 8.33. The molecule has 0 unspecified atom stereocenters. The van der Waals surface area contributed by atoms with Crippen molar-refractivity contribution < 1.29 is 4.79 Å². The maximum Gasteiger partial charge on any atom is 0.265 e. The molecule has 21 heavy (non-hydrogen) atoms. The molecule has 2 aromatic rings. The highest BCUT2D eigenvalue weighted by Gasteiger charge is 2.15. The molecule has 1 aromatic carbocycles. The first-order valence-electron chi connectivity index (χ1n) is 6.75. The van der Waals surface area contributed by atoms with E-state index in [9.17, 15) is 9.59 Å². The van der Waals surface area contributed by atoms with Gasteiger partial charge in [-0.25, -0.2) is 0 Å². The van der Waals surface area contributed by atoms with Crippen molar-refractivity contribution in [1.82, 2.24) is 4.57 Å². The second-order valence-electron chi connectivity index (χ2n) is 5.20. The van der Waals surface area contributed by atoms with Crippen LogP contribution in [0.3, 0.4) is 0 Å². The van der Waals surface area contributed by atoms with Crippen LogP contribution in [0.1, 0.15) is 27.9 Å². The van der Waals surface area contributed by atoms with E-state index in [2.05, 4.69) is 31.9 Å². The third-order valence-electron chi connectivity index (χ3n) is 3.74. The summed E-state index contributed by atoms with van der Waals surface area (Å²) in [5, 5.41) is 0. The van der Waals surface area contributed by atoms with Gasteiger partial charge in [0, 0.05) is 16.2 Å². The summed E-state index contributed by atoms with van der Waals surface area (Å²) in [6, 6.07) is 7.56. The highest BCUT2D eigenvalue weighted by atomic mass is 79.9. The van der Waals surface area contributed by atoms with E-state index in [4.69, 9.17) is 0 Å². The molecule has 108 valence electrons. The van der Waals surface area contributed by atoms with Crippen molar-refractivity contribution in [3.05, 3.63) is 66.5 Å². The molecule has 0 spiro atoms. The molecule has 1 aromatic heterocycles. The van der Waals surface area contributed by atoms with Gasteiger partial charge in [0.15, 0.2) is 5.78 Å². The molecule has 0 amide bonds.